The van der Waals surface area contributed by atoms with Gasteiger partial charge in [0.1, 0.15) is 0 Å². The Morgan fingerprint density at radius 1 is 1.18 bits per heavy atom. The molecule has 0 aliphatic carbocycles. The summed E-state index contributed by atoms with van der Waals surface area (Å²) in [5, 5.41) is 5.57. The summed E-state index contributed by atoms with van der Waals surface area (Å²) in [7, 11) is -3.89. The number of nitrogens with one attached hydrogen (secondary N) is 3. The van der Waals surface area contributed by atoms with Crippen molar-refractivity contribution in [2.75, 3.05) is 10.0 Å². The second-order valence-corrected chi connectivity index (χ2v) is 8.48. The van der Waals surface area contributed by atoms with Crippen molar-refractivity contribution < 1.29 is 18.0 Å². The van der Waals surface area contributed by atoms with E-state index in [1.807, 2.05) is 13.8 Å². The number of hydrogen-bond acceptors (Lipinski definition) is 4. The Hall–Kier alpha value is -2.87. The molecule has 28 heavy (non-hydrogen) atoms. The van der Waals surface area contributed by atoms with E-state index >= 15 is 0 Å². The highest BCUT2D eigenvalue weighted by atomic mass is 32.2. The number of aryl methyl sites for hydroxylation is 1. The molecule has 2 aromatic carbocycles. The molecule has 0 unspecified atom stereocenters. The van der Waals surface area contributed by atoms with Crippen molar-refractivity contribution >= 4 is 33.2 Å². The third kappa shape index (κ3) is 4.33. The molecule has 3 N–H and O–H groups in total. The molecule has 1 aliphatic rings. The minimum Gasteiger partial charge on any atom is -0.350 e. The lowest BCUT2D eigenvalue weighted by Gasteiger charge is -2.18. The molecule has 0 spiro atoms. The monoisotopic (exact) mass is 401 g/mol. The zero-order valence-corrected chi connectivity index (χ0v) is 16.6. The predicted molar refractivity (Wildman–Crippen MR) is 108 cm³/mol. The molecule has 1 aliphatic heterocycles. The maximum atomic E-state index is 12.9. The van der Waals surface area contributed by atoms with Crippen LogP contribution in [0.5, 0.6) is 0 Å². The molecule has 0 saturated carbocycles. The van der Waals surface area contributed by atoms with Gasteiger partial charge < -0.3 is 10.6 Å². The van der Waals surface area contributed by atoms with E-state index in [1.165, 1.54) is 6.07 Å². The van der Waals surface area contributed by atoms with Crippen LogP contribution in [0.3, 0.4) is 0 Å². The van der Waals surface area contributed by atoms with Crippen molar-refractivity contribution in [3.8, 4) is 0 Å². The van der Waals surface area contributed by atoms with Crippen LogP contribution in [0.2, 0.25) is 0 Å². The van der Waals surface area contributed by atoms with E-state index in [0.717, 1.165) is 12.0 Å². The second kappa shape index (κ2) is 8.02. The van der Waals surface area contributed by atoms with E-state index in [9.17, 15) is 18.0 Å². The average molecular weight is 401 g/mol. The van der Waals surface area contributed by atoms with Crippen LogP contribution in [-0.2, 0) is 21.2 Å². The van der Waals surface area contributed by atoms with Gasteiger partial charge in [-0.15, -0.1) is 0 Å². The van der Waals surface area contributed by atoms with Crippen LogP contribution in [0.4, 0.5) is 11.4 Å². The zero-order valence-electron chi connectivity index (χ0n) is 15.8. The van der Waals surface area contributed by atoms with Crippen molar-refractivity contribution in [2.24, 2.45) is 0 Å². The van der Waals surface area contributed by atoms with Crippen LogP contribution in [0.1, 0.15) is 42.6 Å². The predicted octanol–water partition coefficient (Wildman–Crippen LogP) is 2.90. The normalized spacial score (nSPS) is 14.6. The largest absolute Gasteiger partial charge is 0.350 e. The third-order valence-electron chi connectivity index (χ3n) is 4.69. The van der Waals surface area contributed by atoms with E-state index < -0.39 is 10.0 Å². The van der Waals surface area contributed by atoms with Gasteiger partial charge in [-0.25, -0.2) is 8.42 Å². The first-order valence-electron chi connectivity index (χ1n) is 9.15. The lowest BCUT2D eigenvalue weighted by molar-refractivity contribution is -0.116. The van der Waals surface area contributed by atoms with Crippen molar-refractivity contribution in [3.63, 3.8) is 0 Å². The number of sulfonamides is 1. The number of carbonyl (C=O) groups is 2. The molecule has 0 aromatic heterocycles. The summed E-state index contributed by atoms with van der Waals surface area (Å²) in [5.41, 5.74) is 1.87. The summed E-state index contributed by atoms with van der Waals surface area (Å²) in [6.45, 7) is 3.84. The molecule has 0 fully saturated rings. The highest BCUT2D eigenvalue weighted by molar-refractivity contribution is 7.92. The third-order valence-corrected chi connectivity index (χ3v) is 6.05. The Kier molecular flexibility index (Phi) is 5.69. The van der Waals surface area contributed by atoms with Crippen molar-refractivity contribution in [2.45, 2.75) is 44.0 Å². The van der Waals surface area contributed by atoms with Crippen molar-refractivity contribution in [3.05, 3.63) is 53.6 Å². The van der Waals surface area contributed by atoms with E-state index in [1.54, 1.807) is 36.4 Å². The molecule has 0 saturated heterocycles. The Labute approximate surface area is 164 Å². The highest BCUT2D eigenvalue weighted by Crippen LogP contribution is 2.27. The molecule has 8 heteroatoms. The molecule has 3 rings (SSSR count). The maximum absolute atomic E-state index is 12.9. The zero-order chi connectivity index (χ0) is 20.3. The number of fused-ring (bicyclic) bond motifs is 1. The van der Waals surface area contributed by atoms with E-state index in [-0.39, 0.29) is 34.0 Å². The number of amides is 2. The number of rotatable bonds is 6. The molecular weight excluding hydrogens is 378 g/mol. The minimum atomic E-state index is -3.89. The fourth-order valence-electron chi connectivity index (χ4n) is 2.90. The van der Waals surface area contributed by atoms with Gasteiger partial charge in [0.2, 0.25) is 5.91 Å². The molecule has 0 radical (unpaired) electrons. The van der Waals surface area contributed by atoms with Gasteiger partial charge >= 0.3 is 0 Å². The van der Waals surface area contributed by atoms with Crippen molar-refractivity contribution in [1.82, 2.24) is 5.32 Å². The fourth-order valence-corrected chi connectivity index (χ4v) is 4.03. The summed E-state index contributed by atoms with van der Waals surface area (Å²) in [5.74, 6) is -0.414. The highest BCUT2D eigenvalue weighted by Gasteiger charge is 2.22. The quantitative estimate of drug-likeness (QED) is 0.692. The SMILES string of the molecule is CC[C@@H](C)NC(=O)c1ccccc1NS(=O)(=O)c1ccc2c(c1)CCC(=O)N2. The second-order valence-electron chi connectivity index (χ2n) is 6.80. The first kappa shape index (κ1) is 19.9. The van der Waals surface area contributed by atoms with Gasteiger partial charge in [-0.2, -0.15) is 0 Å². The lowest BCUT2D eigenvalue weighted by atomic mass is 10.0. The smallest absolute Gasteiger partial charge is 0.261 e. The van der Waals surface area contributed by atoms with Gasteiger partial charge in [0.15, 0.2) is 0 Å². The van der Waals surface area contributed by atoms with E-state index in [4.69, 9.17) is 0 Å². The first-order valence-corrected chi connectivity index (χ1v) is 10.6. The lowest BCUT2D eigenvalue weighted by Crippen LogP contribution is -2.32. The van der Waals surface area contributed by atoms with Gasteiger partial charge in [-0.3, -0.25) is 14.3 Å². The Morgan fingerprint density at radius 2 is 1.93 bits per heavy atom. The van der Waals surface area contributed by atoms with Crippen LogP contribution < -0.4 is 15.4 Å². The molecule has 1 heterocycles. The van der Waals surface area contributed by atoms with E-state index in [0.29, 0.717) is 18.5 Å². The number of anilines is 2. The van der Waals surface area contributed by atoms with Crippen LogP contribution in [0.15, 0.2) is 47.4 Å². The molecule has 7 nitrogen and oxygen atoms in total. The van der Waals surface area contributed by atoms with Gasteiger partial charge in [0.05, 0.1) is 16.1 Å². The van der Waals surface area contributed by atoms with Gasteiger partial charge in [-0.1, -0.05) is 19.1 Å². The first-order chi connectivity index (χ1) is 13.3. The summed E-state index contributed by atoms with van der Waals surface area (Å²) in [6, 6.07) is 11.0. The summed E-state index contributed by atoms with van der Waals surface area (Å²) >= 11 is 0. The maximum Gasteiger partial charge on any atom is 0.261 e. The number of hydrogen-bond donors (Lipinski definition) is 3. The summed E-state index contributed by atoms with van der Waals surface area (Å²) < 4.78 is 28.3. The summed E-state index contributed by atoms with van der Waals surface area (Å²) in [6.07, 6.45) is 1.58. The molecule has 148 valence electrons. The Balaban J connectivity index is 1.87. The minimum absolute atomic E-state index is 0.0204. The number of carbonyl (C=O) groups excluding carboxylic acids is 2. The van der Waals surface area contributed by atoms with Gasteiger partial charge in [0.25, 0.3) is 15.9 Å². The van der Waals surface area contributed by atoms with E-state index in [2.05, 4.69) is 15.4 Å². The molecule has 2 amide bonds. The van der Waals surface area contributed by atoms with Crippen LogP contribution in [0, 0.1) is 0 Å². The van der Waals surface area contributed by atoms with Gasteiger partial charge in [-0.05, 0) is 55.7 Å². The molecular formula is C20H23N3O4S. The number of benzene rings is 2. The fraction of sp³-hybridized carbons (Fsp3) is 0.300. The van der Waals surface area contributed by atoms with Gasteiger partial charge in [0, 0.05) is 18.2 Å². The van der Waals surface area contributed by atoms with Crippen LogP contribution >= 0.6 is 0 Å². The van der Waals surface area contributed by atoms with Crippen LogP contribution in [0.25, 0.3) is 0 Å². The van der Waals surface area contributed by atoms with Crippen LogP contribution in [-0.4, -0.2) is 26.3 Å². The topological polar surface area (TPSA) is 104 Å². The summed E-state index contributed by atoms with van der Waals surface area (Å²) in [4.78, 5) is 24.0. The Bertz CT molecular complexity index is 1020. The van der Waals surface area contributed by atoms with Crippen molar-refractivity contribution in [1.29, 1.82) is 0 Å². The number of para-hydroxylation sites is 1. The molecule has 0 bridgehead atoms. The standard InChI is InChI=1S/C20H23N3O4S/c1-3-13(2)21-20(25)16-6-4-5-7-18(16)23-28(26,27)15-9-10-17-14(12-15)8-11-19(24)22-17/h4-7,9-10,12-13,23H,3,8,11H2,1-2H3,(H,21,25)(H,22,24)/t13-/m1/s1. The molecule has 1 atom stereocenters. The molecule has 2 aromatic rings. The Morgan fingerprint density at radius 3 is 2.68 bits per heavy atom. The average Bonchev–Trinajstić information content (AvgIpc) is 2.67.